The lowest BCUT2D eigenvalue weighted by atomic mass is 9.63. The van der Waals surface area contributed by atoms with E-state index in [1.54, 1.807) is 0 Å². The second-order valence-electron chi connectivity index (χ2n) is 9.40. The molecule has 3 aromatic carbocycles. The average Bonchev–Trinajstić information content (AvgIpc) is 3.21. The predicted octanol–water partition coefficient (Wildman–Crippen LogP) is 6.86. The summed E-state index contributed by atoms with van der Waals surface area (Å²) in [4.78, 5) is 0. The van der Waals surface area contributed by atoms with Crippen molar-refractivity contribution in [3.05, 3.63) is 113 Å². The number of allylic oxidation sites excluding steroid dienone is 4. The van der Waals surface area contributed by atoms with Crippen LogP contribution < -0.4 is 9.47 Å². The summed E-state index contributed by atoms with van der Waals surface area (Å²) >= 11 is 0. The van der Waals surface area contributed by atoms with Gasteiger partial charge < -0.3 is 19.3 Å². The summed E-state index contributed by atoms with van der Waals surface area (Å²) < 4.78 is 17.4. The van der Waals surface area contributed by atoms with Crippen molar-refractivity contribution in [3.63, 3.8) is 0 Å². The number of benzene rings is 3. The molecule has 0 amide bonds. The first-order valence-electron chi connectivity index (χ1n) is 12.8. The number of rotatable bonds is 8. The van der Waals surface area contributed by atoms with Crippen LogP contribution in [0.1, 0.15) is 49.4 Å². The van der Waals surface area contributed by atoms with Crippen molar-refractivity contribution >= 4 is 5.57 Å². The van der Waals surface area contributed by atoms with Gasteiger partial charge in [0.25, 0.3) is 0 Å². The average molecular weight is 493 g/mol. The molecule has 188 valence electrons. The molecule has 0 saturated carbocycles. The third kappa shape index (κ3) is 4.52. The molecular formula is C33H32O4. The van der Waals surface area contributed by atoms with Crippen LogP contribution in [0.3, 0.4) is 0 Å². The second kappa shape index (κ2) is 10.6. The molecule has 0 heterocycles. The molecule has 3 aromatic rings. The standard InChI is InChI=1S/C33H32O4/c1-4-35-24(3)37-28-19-15-26(16-20-28)33(25-13-17-27(18-14-25)36-23(2)21-22-34)31-11-7-5-9-29(31)30-10-6-8-12-32(30)33/h5-11,13-20,23-24,32,34H,4,12H2,1-3H3. The lowest BCUT2D eigenvalue weighted by molar-refractivity contribution is -0.0613. The van der Waals surface area contributed by atoms with Crippen LogP contribution in [0.15, 0.2) is 91.0 Å². The van der Waals surface area contributed by atoms with Crippen molar-refractivity contribution in [2.45, 2.75) is 45.0 Å². The van der Waals surface area contributed by atoms with Crippen molar-refractivity contribution in [1.29, 1.82) is 0 Å². The minimum atomic E-state index is -0.401. The molecule has 2 aliphatic rings. The molecule has 4 nitrogen and oxygen atoms in total. The fourth-order valence-corrected chi connectivity index (χ4v) is 5.84. The van der Waals surface area contributed by atoms with Crippen LogP contribution in [0.5, 0.6) is 11.5 Å². The molecule has 0 spiro atoms. The minimum absolute atomic E-state index is 0.259. The molecule has 1 N–H and O–H groups in total. The molecule has 0 radical (unpaired) electrons. The maximum Gasteiger partial charge on any atom is 0.196 e. The first kappa shape index (κ1) is 24.7. The lowest BCUT2D eigenvalue weighted by Crippen LogP contribution is -2.34. The SMILES string of the molecule is CCOC(C)Oc1ccc(C2(c3ccc(OC(C)C#CO)cc3)c3ccccc3C3=CC=CCC32)cc1. The third-order valence-electron chi connectivity index (χ3n) is 7.25. The number of hydrogen-bond donors (Lipinski definition) is 1. The van der Waals surface area contributed by atoms with E-state index < -0.39 is 6.10 Å². The highest BCUT2D eigenvalue weighted by atomic mass is 16.7. The Morgan fingerprint density at radius 3 is 2.22 bits per heavy atom. The van der Waals surface area contributed by atoms with Gasteiger partial charge in [0.15, 0.2) is 12.4 Å². The Kier molecular flexibility index (Phi) is 7.08. The van der Waals surface area contributed by atoms with Crippen molar-refractivity contribution in [2.24, 2.45) is 5.92 Å². The smallest absolute Gasteiger partial charge is 0.196 e. The van der Waals surface area contributed by atoms with Gasteiger partial charge in [-0.05, 0) is 85.2 Å². The third-order valence-corrected chi connectivity index (χ3v) is 7.25. The van der Waals surface area contributed by atoms with Gasteiger partial charge in [-0.2, -0.15) is 0 Å². The largest absolute Gasteiger partial charge is 0.478 e. The van der Waals surface area contributed by atoms with Crippen molar-refractivity contribution < 1.29 is 19.3 Å². The van der Waals surface area contributed by atoms with E-state index in [4.69, 9.17) is 19.3 Å². The summed E-state index contributed by atoms with van der Waals surface area (Å²) in [7, 11) is 0. The van der Waals surface area contributed by atoms with E-state index in [2.05, 4.69) is 72.7 Å². The van der Waals surface area contributed by atoms with Crippen LogP contribution in [0, 0.1) is 17.9 Å². The van der Waals surface area contributed by atoms with E-state index in [0.717, 1.165) is 12.2 Å². The number of ether oxygens (including phenoxy) is 3. The first-order chi connectivity index (χ1) is 18.1. The van der Waals surface area contributed by atoms with Crippen LogP contribution in [-0.2, 0) is 10.2 Å². The number of hydrogen-bond acceptors (Lipinski definition) is 4. The Labute approximate surface area is 219 Å². The lowest BCUT2D eigenvalue weighted by Gasteiger charge is -2.39. The summed E-state index contributed by atoms with van der Waals surface area (Å²) in [6.07, 6.45) is 8.88. The Morgan fingerprint density at radius 2 is 1.57 bits per heavy atom. The molecule has 2 aliphatic carbocycles. The van der Waals surface area contributed by atoms with Crippen LogP contribution in [0.2, 0.25) is 0 Å². The fourth-order valence-electron chi connectivity index (χ4n) is 5.84. The molecular weight excluding hydrogens is 460 g/mol. The molecule has 0 fully saturated rings. The molecule has 0 aliphatic heterocycles. The Bertz CT molecular complexity index is 1360. The number of aliphatic hydroxyl groups is 1. The van der Waals surface area contributed by atoms with Crippen LogP contribution in [-0.4, -0.2) is 24.1 Å². The van der Waals surface area contributed by atoms with E-state index in [-0.39, 0.29) is 17.6 Å². The molecule has 4 unspecified atom stereocenters. The van der Waals surface area contributed by atoms with Crippen molar-refractivity contribution in [1.82, 2.24) is 0 Å². The normalized spacial score (nSPS) is 21.1. The van der Waals surface area contributed by atoms with Gasteiger partial charge in [-0.1, -0.05) is 66.8 Å². The summed E-state index contributed by atoms with van der Waals surface area (Å²) in [5.41, 5.74) is 6.03. The van der Waals surface area contributed by atoms with Crippen molar-refractivity contribution in [3.8, 4) is 23.5 Å². The predicted molar refractivity (Wildman–Crippen MR) is 146 cm³/mol. The van der Waals surface area contributed by atoms with Crippen LogP contribution in [0.25, 0.3) is 5.57 Å². The molecule has 4 atom stereocenters. The molecule has 0 aromatic heterocycles. The van der Waals surface area contributed by atoms with E-state index in [0.29, 0.717) is 12.4 Å². The maximum absolute atomic E-state index is 8.89. The maximum atomic E-state index is 8.89. The van der Waals surface area contributed by atoms with Gasteiger partial charge in [0.05, 0.1) is 5.41 Å². The van der Waals surface area contributed by atoms with Crippen LogP contribution >= 0.6 is 0 Å². The Balaban J connectivity index is 1.62. The van der Waals surface area contributed by atoms with Gasteiger partial charge in [0, 0.05) is 12.5 Å². The summed E-state index contributed by atoms with van der Waals surface area (Å²) in [6.45, 7) is 6.29. The van der Waals surface area contributed by atoms with E-state index >= 15 is 0 Å². The zero-order valence-electron chi connectivity index (χ0n) is 21.5. The van der Waals surface area contributed by atoms with Gasteiger partial charge in [-0.25, -0.2) is 0 Å². The Morgan fingerprint density at radius 1 is 0.919 bits per heavy atom. The molecule has 5 rings (SSSR count). The zero-order valence-corrected chi connectivity index (χ0v) is 21.5. The summed E-state index contributed by atoms with van der Waals surface area (Å²) in [5, 5.41) is 8.89. The summed E-state index contributed by atoms with van der Waals surface area (Å²) in [6, 6.07) is 25.5. The van der Waals surface area contributed by atoms with Gasteiger partial charge in [0.1, 0.15) is 17.6 Å². The van der Waals surface area contributed by atoms with E-state index in [1.807, 2.05) is 51.1 Å². The van der Waals surface area contributed by atoms with Gasteiger partial charge in [-0.15, -0.1) is 0 Å². The molecule has 0 bridgehead atoms. The van der Waals surface area contributed by atoms with Gasteiger partial charge in [-0.3, -0.25) is 0 Å². The highest BCUT2D eigenvalue weighted by Gasteiger charge is 2.51. The number of aliphatic hydroxyl groups excluding tert-OH is 1. The highest BCUT2D eigenvalue weighted by molar-refractivity contribution is 5.84. The van der Waals surface area contributed by atoms with E-state index in [9.17, 15) is 0 Å². The monoisotopic (exact) mass is 492 g/mol. The first-order valence-corrected chi connectivity index (χ1v) is 12.8. The number of fused-ring (bicyclic) bond motifs is 3. The fraction of sp³-hybridized carbons (Fsp3) is 0.273. The molecule has 4 heteroatoms. The van der Waals surface area contributed by atoms with Crippen LogP contribution in [0.4, 0.5) is 0 Å². The quantitative estimate of drug-likeness (QED) is 0.276. The Hall–Kier alpha value is -3.94. The molecule has 37 heavy (non-hydrogen) atoms. The van der Waals surface area contributed by atoms with Gasteiger partial charge >= 0.3 is 0 Å². The highest BCUT2D eigenvalue weighted by Crippen LogP contribution is 2.59. The second-order valence-corrected chi connectivity index (χ2v) is 9.40. The molecule has 0 saturated heterocycles. The summed E-state index contributed by atoms with van der Waals surface area (Å²) in [5.74, 6) is 4.38. The topological polar surface area (TPSA) is 47.9 Å². The zero-order chi connectivity index (χ0) is 25.8. The van der Waals surface area contributed by atoms with Crippen molar-refractivity contribution in [2.75, 3.05) is 6.61 Å². The van der Waals surface area contributed by atoms with Gasteiger partial charge in [0.2, 0.25) is 0 Å². The van der Waals surface area contributed by atoms with E-state index in [1.165, 1.54) is 27.8 Å². The minimum Gasteiger partial charge on any atom is -0.478 e.